The van der Waals surface area contributed by atoms with E-state index in [1.165, 1.54) is 0 Å². The van der Waals surface area contributed by atoms with Crippen molar-refractivity contribution in [1.82, 2.24) is 4.72 Å². The normalized spacial score (nSPS) is 11.9. The average molecular weight is 223 g/mol. The van der Waals surface area contributed by atoms with Gasteiger partial charge >= 0.3 is 0 Å². The average Bonchev–Trinajstić information content (AvgIpc) is 2.11. The zero-order valence-corrected chi connectivity index (χ0v) is 9.65. The van der Waals surface area contributed by atoms with Crippen molar-refractivity contribution < 1.29 is 13.5 Å². The second-order valence-electron chi connectivity index (χ2n) is 3.35. The fraction of sp³-hybridized carbons (Fsp3) is 1.00. The Morgan fingerprint density at radius 1 is 1.14 bits per heavy atom. The molecule has 86 valence electrons. The Kier molecular flexibility index (Phi) is 8.12. The standard InChI is InChI=1S/C9H21NO3S/c1-2-9-14(12,13)10-7-5-3-4-6-8-11/h10-11H,2-9H2,1H3. The Morgan fingerprint density at radius 2 is 1.79 bits per heavy atom. The monoisotopic (exact) mass is 223 g/mol. The molecule has 0 heterocycles. The van der Waals surface area contributed by atoms with Crippen molar-refractivity contribution in [2.24, 2.45) is 0 Å². The highest BCUT2D eigenvalue weighted by Gasteiger charge is 2.06. The summed E-state index contributed by atoms with van der Waals surface area (Å²) in [6, 6.07) is 0. The van der Waals surface area contributed by atoms with Crippen LogP contribution in [0.4, 0.5) is 0 Å². The molecule has 0 saturated carbocycles. The van der Waals surface area contributed by atoms with E-state index < -0.39 is 10.0 Å². The summed E-state index contributed by atoms with van der Waals surface area (Å²) in [6.45, 7) is 2.59. The third-order valence-corrected chi connectivity index (χ3v) is 3.47. The molecule has 0 unspecified atom stereocenters. The lowest BCUT2D eigenvalue weighted by Crippen LogP contribution is -2.27. The molecule has 0 saturated heterocycles. The summed E-state index contributed by atoms with van der Waals surface area (Å²) in [5.41, 5.74) is 0. The molecule has 0 aliphatic carbocycles. The van der Waals surface area contributed by atoms with E-state index in [9.17, 15) is 8.42 Å². The van der Waals surface area contributed by atoms with Crippen LogP contribution in [-0.2, 0) is 10.0 Å². The highest BCUT2D eigenvalue weighted by Crippen LogP contribution is 1.98. The Morgan fingerprint density at radius 3 is 2.36 bits per heavy atom. The summed E-state index contributed by atoms with van der Waals surface area (Å²) in [5, 5.41) is 8.51. The summed E-state index contributed by atoms with van der Waals surface area (Å²) in [7, 11) is -3.02. The zero-order valence-electron chi connectivity index (χ0n) is 8.83. The van der Waals surface area contributed by atoms with Crippen molar-refractivity contribution in [2.45, 2.75) is 39.0 Å². The zero-order chi connectivity index (χ0) is 10.9. The first-order valence-electron chi connectivity index (χ1n) is 5.20. The van der Waals surface area contributed by atoms with Crippen molar-refractivity contribution in [3.63, 3.8) is 0 Å². The van der Waals surface area contributed by atoms with Gasteiger partial charge in [-0.3, -0.25) is 0 Å². The second-order valence-corrected chi connectivity index (χ2v) is 5.28. The van der Waals surface area contributed by atoms with E-state index in [1.54, 1.807) is 0 Å². The van der Waals surface area contributed by atoms with E-state index in [0.717, 1.165) is 25.7 Å². The maximum absolute atomic E-state index is 11.2. The molecule has 2 N–H and O–H groups in total. The predicted molar refractivity (Wildman–Crippen MR) is 57.6 cm³/mol. The van der Waals surface area contributed by atoms with E-state index in [0.29, 0.717) is 13.0 Å². The van der Waals surface area contributed by atoms with Gasteiger partial charge in [0.25, 0.3) is 0 Å². The van der Waals surface area contributed by atoms with Crippen LogP contribution < -0.4 is 4.72 Å². The van der Waals surface area contributed by atoms with Gasteiger partial charge in [-0.25, -0.2) is 13.1 Å². The SMILES string of the molecule is CCCS(=O)(=O)NCCCCCCO. The van der Waals surface area contributed by atoms with Gasteiger partial charge in [-0.1, -0.05) is 19.8 Å². The molecule has 0 rings (SSSR count). The highest BCUT2D eigenvalue weighted by atomic mass is 32.2. The van der Waals surface area contributed by atoms with Gasteiger partial charge in [-0.15, -0.1) is 0 Å². The fourth-order valence-electron chi connectivity index (χ4n) is 1.16. The van der Waals surface area contributed by atoms with Crippen LogP contribution in [0.5, 0.6) is 0 Å². The Bertz CT molecular complexity index is 214. The largest absolute Gasteiger partial charge is 0.396 e. The molecule has 0 radical (unpaired) electrons. The van der Waals surface area contributed by atoms with Crippen LogP contribution >= 0.6 is 0 Å². The first-order valence-corrected chi connectivity index (χ1v) is 6.86. The van der Waals surface area contributed by atoms with Crippen molar-refractivity contribution in [1.29, 1.82) is 0 Å². The van der Waals surface area contributed by atoms with Crippen LogP contribution in [0.3, 0.4) is 0 Å². The topological polar surface area (TPSA) is 66.4 Å². The number of aliphatic hydroxyl groups excluding tert-OH is 1. The summed E-state index contributed by atoms with van der Waals surface area (Å²) < 4.78 is 24.9. The van der Waals surface area contributed by atoms with E-state index in [2.05, 4.69) is 4.72 Å². The lowest BCUT2D eigenvalue weighted by molar-refractivity contribution is 0.282. The molecular formula is C9H21NO3S. The molecule has 0 aliphatic rings. The van der Waals surface area contributed by atoms with Crippen molar-refractivity contribution in [3.8, 4) is 0 Å². The molecule has 0 aromatic rings. The molecule has 14 heavy (non-hydrogen) atoms. The summed E-state index contributed by atoms with van der Waals surface area (Å²) in [6.07, 6.45) is 4.24. The molecule has 0 fully saturated rings. The number of nitrogens with one attached hydrogen (secondary N) is 1. The minimum Gasteiger partial charge on any atom is -0.396 e. The number of hydrogen-bond acceptors (Lipinski definition) is 3. The van der Waals surface area contributed by atoms with Crippen LogP contribution in [-0.4, -0.2) is 32.4 Å². The molecule has 0 atom stereocenters. The molecular weight excluding hydrogens is 202 g/mol. The number of sulfonamides is 1. The number of unbranched alkanes of at least 4 members (excludes halogenated alkanes) is 3. The van der Waals surface area contributed by atoms with Gasteiger partial charge in [0.05, 0.1) is 5.75 Å². The van der Waals surface area contributed by atoms with Crippen molar-refractivity contribution in [3.05, 3.63) is 0 Å². The van der Waals surface area contributed by atoms with Crippen LogP contribution in [0.2, 0.25) is 0 Å². The minimum atomic E-state index is -3.02. The number of rotatable bonds is 9. The fourth-order valence-corrected chi connectivity index (χ4v) is 2.30. The third kappa shape index (κ3) is 8.47. The van der Waals surface area contributed by atoms with Crippen LogP contribution in [0.1, 0.15) is 39.0 Å². The van der Waals surface area contributed by atoms with Crippen molar-refractivity contribution in [2.75, 3.05) is 18.9 Å². The van der Waals surface area contributed by atoms with Gasteiger partial charge in [0.2, 0.25) is 10.0 Å². The van der Waals surface area contributed by atoms with Gasteiger partial charge in [0.1, 0.15) is 0 Å². The maximum Gasteiger partial charge on any atom is 0.211 e. The Hall–Kier alpha value is -0.130. The molecule has 0 aliphatic heterocycles. The highest BCUT2D eigenvalue weighted by molar-refractivity contribution is 7.89. The van der Waals surface area contributed by atoms with E-state index in [-0.39, 0.29) is 12.4 Å². The minimum absolute atomic E-state index is 0.212. The molecule has 0 aromatic heterocycles. The lowest BCUT2D eigenvalue weighted by Gasteiger charge is -2.04. The Labute approximate surface area is 86.8 Å². The lowest BCUT2D eigenvalue weighted by atomic mass is 10.2. The number of hydrogen-bond donors (Lipinski definition) is 2. The molecule has 4 nitrogen and oxygen atoms in total. The second kappa shape index (κ2) is 8.20. The number of aliphatic hydroxyl groups is 1. The van der Waals surface area contributed by atoms with Gasteiger partial charge in [0, 0.05) is 13.2 Å². The summed E-state index contributed by atoms with van der Waals surface area (Å²) in [5.74, 6) is 0.212. The van der Waals surface area contributed by atoms with Crippen molar-refractivity contribution >= 4 is 10.0 Å². The molecule has 0 spiro atoms. The van der Waals surface area contributed by atoms with Gasteiger partial charge in [-0.2, -0.15) is 0 Å². The predicted octanol–water partition coefficient (Wildman–Crippen LogP) is 0.868. The van der Waals surface area contributed by atoms with E-state index >= 15 is 0 Å². The molecule has 0 amide bonds. The smallest absolute Gasteiger partial charge is 0.211 e. The van der Waals surface area contributed by atoms with Gasteiger partial charge in [0.15, 0.2) is 0 Å². The molecule has 5 heteroatoms. The van der Waals surface area contributed by atoms with Crippen LogP contribution in [0, 0.1) is 0 Å². The molecule has 0 aromatic carbocycles. The van der Waals surface area contributed by atoms with E-state index in [1.807, 2.05) is 6.92 Å². The van der Waals surface area contributed by atoms with Gasteiger partial charge < -0.3 is 5.11 Å². The van der Waals surface area contributed by atoms with Crippen LogP contribution in [0.15, 0.2) is 0 Å². The summed E-state index contributed by atoms with van der Waals surface area (Å²) in [4.78, 5) is 0. The first-order chi connectivity index (χ1) is 6.62. The van der Waals surface area contributed by atoms with E-state index in [4.69, 9.17) is 5.11 Å². The quantitative estimate of drug-likeness (QED) is 0.570. The van der Waals surface area contributed by atoms with Gasteiger partial charge in [-0.05, 0) is 19.3 Å². The first kappa shape index (κ1) is 13.9. The maximum atomic E-state index is 11.2. The summed E-state index contributed by atoms with van der Waals surface area (Å²) >= 11 is 0. The third-order valence-electron chi connectivity index (χ3n) is 1.88. The van der Waals surface area contributed by atoms with Crippen LogP contribution in [0.25, 0.3) is 0 Å². The Balaban J connectivity index is 3.35. The molecule has 0 bridgehead atoms.